The molecule has 1 unspecified atom stereocenters. The van der Waals surface area contributed by atoms with E-state index in [1.807, 2.05) is 103 Å². The number of methoxy groups -OCH3 is 1. The first-order valence-corrected chi connectivity index (χ1v) is 11.6. The molecule has 4 rings (SSSR count). The van der Waals surface area contributed by atoms with Crippen LogP contribution < -0.4 is 10.1 Å². The number of nitrogens with one attached hydrogen (secondary N) is 1. The fourth-order valence-corrected chi connectivity index (χ4v) is 4.43. The van der Waals surface area contributed by atoms with Crippen molar-refractivity contribution in [1.82, 2.24) is 20.1 Å². The van der Waals surface area contributed by atoms with E-state index < -0.39 is 0 Å². The quantitative estimate of drug-likeness (QED) is 0.381. The van der Waals surface area contributed by atoms with Gasteiger partial charge in [-0.3, -0.25) is 4.79 Å². The molecule has 0 bridgehead atoms. The lowest BCUT2D eigenvalue weighted by Gasteiger charge is -2.22. The predicted molar refractivity (Wildman–Crippen MR) is 131 cm³/mol. The number of hydrogen-bond donors (Lipinski definition) is 1. The minimum Gasteiger partial charge on any atom is -0.496 e. The molecule has 168 valence electrons. The topological polar surface area (TPSA) is 69.0 Å². The van der Waals surface area contributed by atoms with E-state index in [2.05, 4.69) is 15.5 Å². The Hall–Kier alpha value is -3.58. The Bertz CT molecular complexity index is 1170. The summed E-state index contributed by atoms with van der Waals surface area (Å²) in [5, 5.41) is 12.2. The molecular weight excluding hydrogens is 432 g/mol. The SMILES string of the molecule is COc1ccccc1-c1nnc(SC(C)C(=O)NC(c2ccccc2)c2ccccc2)n1C. The molecular formula is C26H26N4O2S. The number of amides is 1. The maximum atomic E-state index is 13.2. The predicted octanol–water partition coefficient (Wildman–Crippen LogP) is 4.88. The van der Waals surface area contributed by atoms with Gasteiger partial charge in [0.05, 0.1) is 24.0 Å². The second kappa shape index (κ2) is 10.4. The van der Waals surface area contributed by atoms with Gasteiger partial charge in [0.1, 0.15) is 5.75 Å². The average molecular weight is 459 g/mol. The summed E-state index contributed by atoms with van der Waals surface area (Å²) >= 11 is 1.38. The average Bonchev–Trinajstić information content (AvgIpc) is 3.22. The maximum absolute atomic E-state index is 13.2. The highest BCUT2D eigenvalue weighted by Crippen LogP contribution is 2.31. The van der Waals surface area contributed by atoms with Crippen molar-refractivity contribution in [2.45, 2.75) is 23.4 Å². The second-order valence-electron chi connectivity index (χ2n) is 7.59. The number of hydrogen-bond acceptors (Lipinski definition) is 5. The molecule has 3 aromatic carbocycles. The number of rotatable bonds is 8. The Morgan fingerprint density at radius 1 is 0.909 bits per heavy atom. The molecule has 0 spiro atoms. The van der Waals surface area contributed by atoms with Gasteiger partial charge >= 0.3 is 0 Å². The van der Waals surface area contributed by atoms with Crippen LogP contribution in [0.2, 0.25) is 0 Å². The molecule has 1 heterocycles. The molecule has 7 heteroatoms. The molecule has 1 N–H and O–H groups in total. The van der Waals surface area contributed by atoms with Gasteiger partial charge in [0.15, 0.2) is 11.0 Å². The lowest BCUT2D eigenvalue weighted by molar-refractivity contribution is -0.120. The third-order valence-corrected chi connectivity index (χ3v) is 6.52. The molecule has 1 aromatic heterocycles. The molecule has 0 fully saturated rings. The number of aromatic nitrogens is 3. The minimum absolute atomic E-state index is 0.0699. The van der Waals surface area contributed by atoms with Crippen LogP contribution in [0.25, 0.3) is 11.4 Å². The molecule has 4 aromatic rings. The number of para-hydroxylation sites is 1. The van der Waals surface area contributed by atoms with Crippen LogP contribution in [0.1, 0.15) is 24.1 Å². The van der Waals surface area contributed by atoms with Crippen molar-refractivity contribution in [3.05, 3.63) is 96.1 Å². The molecule has 6 nitrogen and oxygen atoms in total. The number of carbonyl (C=O) groups excluding carboxylic acids is 1. The zero-order chi connectivity index (χ0) is 23.2. The van der Waals surface area contributed by atoms with Gasteiger partial charge in [-0.25, -0.2) is 0 Å². The van der Waals surface area contributed by atoms with Gasteiger partial charge in [0.25, 0.3) is 0 Å². The van der Waals surface area contributed by atoms with Crippen LogP contribution in [-0.2, 0) is 11.8 Å². The van der Waals surface area contributed by atoms with Crippen LogP contribution >= 0.6 is 11.8 Å². The third kappa shape index (κ3) is 5.09. The van der Waals surface area contributed by atoms with E-state index >= 15 is 0 Å². The zero-order valence-corrected chi connectivity index (χ0v) is 19.6. The molecule has 0 aliphatic carbocycles. The number of nitrogens with zero attached hydrogens (tertiary/aromatic N) is 3. The van der Waals surface area contributed by atoms with Crippen molar-refractivity contribution in [2.75, 3.05) is 7.11 Å². The lowest BCUT2D eigenvalue weighted by atomic mass is 9.98. The summed E-state index contributed by atoms with van der Waals surface area (Å²) in [6.45, 7) is 1.88. The van der Waals surface area contributed by atoms with Crippen LogP contribution in [0.3, 0.4) is 0 Å². The van der Waals surface area contributed by atoms with Crippen molar-refractivity contribution in [3.8, 4) is 17.1 Å². The van der Waals surface area contributed by atoms with E-state index in [1.54, 1.807) is 7.11 Å². The fraction of sp³-hybridized carbons (Fsp3) is 0.192. The Morgan fingerprint density at radius 2 is 1.48 bits per heavy atom. The van der Waals surface area contributed by atoms with Crippen LogP contribution in [-0.4, -0.2) is 33.0 Å². The van der Waals surface area contributed by atoms with Crippen LogP contribution in [0, 0.1) is 0 Å². The molecule has 1 atom stereocenters. The van der Waals surface area contributed by atoms with Crippen molar-refractivity contribution < 1.29 is 9.53 Å². The van der Waals surface area contributed by atoms with Gasteiger partial charge in [-0.2, -0.15) is 0 Å². The first kappa shape index (κ1) is 22.6. The normalized spacial score (nSPS) is 11.9. The van der Waals surface area contributed by atoms with Crippen molar-refractivity contribution in [1.29, 1.82) is 0 Å². The minimum atomic E-state index is -0.367. The number of benzene rings is 3. The molecule has 0 saturated heterocycles. The van der Waals surface area contributed by atoms with Gasteiger partial charge < -0.3 is 14.6 Å². The van der Waals surface area contributed by atoms with E-state index in [-0.39, 0.29) is 17.2 Å². The second-order valence-corrected chi connectivity index (χ2v) is 8.90. The van der Waals surface area contributed by atoms with Gasteiger partial charge in [-0.05, 0) is 30.2 Å². The standard InChI is InChI=1S/C26H26N4O2S/c1-18(33-26-29-28-24(30(26)2)21-16-10-11-17-22(21)32-3)25(31)27-23(19-12-6-4-7-13-19)20-14-8-5-9-15-20/h4-18,23H,1-3H3,(H,27,31). The summed E-state index contributed by atoms with van der Waals surface area (Å²) in [4.78, 5) is 13.2. The highest BCUT2D eigenvalue weighted by Gasteiger charge is 2.24. The van der Waals surface area contributed by atoms with E-state index in [0.29, 0.717) is 11.0 Å². The first-order valence-electron chi connectivity index (χ1n) is 10.7. The number of carbonyl (C=O) groups is 1. The Kier molecular flexibility index (Phi) is 7.10. The molecule has 33 heavy (non-hydrogen) atoms. The van der Waals surface area contributed by atoms with E-state index in [4.69, 9.17) is 4.74 Å². The zero-order valence-electron chi connectivity index (χ0n) is 18.8. The summed E-state index contributed by atoms with van der Waals surface area (Å²) in [5.74, 6) is 1.34. The van der Waals surface area contributed by atoms with E-state index in [9.17, 15) is 4.79 Å². The van der Waals surface area contributed by atoms with E-state index in [0.717, 1.165) is 22.4 Å². The maximum Gasteiger partial charge on any atom is 0.234 e. The summed E-state index contributed by atoms with van der Waals surface area (Å²) in [6.07, 6.45) is 0. The Labute approximate surface area is 198 Å². The Morgan fingerprint density at radius 3 is 2.09 bits per heavy atom. The van der Waals surface area contributed by atoms with Gasteiger partial charge in [0, 0.05) is 7.05 Å². The summed E-state index contributed by atoms with van der Waals surface area (Å²) in [6, 6.07) is 27.4. The van der Waals surface area contributed by atoms with Crippen molar-refractivity contribution >= 4 is 17.7 Å². The van der Waals surface area contributed by atoms with Crippen molar-refractivity contribution in [3.63, 3.8) is 0 Å². The fourth-order valence-electron chi connectivity index (χ4n) is 3.60. The van der Waals surface area contributed by atoms with Gasteiger partial charge in [-0.15, -0.1) is 10.2 Å². The van der Waals surface area contributed by atoms with Crippen LogP contribution in [0.5, 0.6) is 5.75 Å². The molecule has 0 aliphatic heterocycles. The lowest BCUT2D eigenvalue weighted by Crippen LogP contribution is -2.35. The van der Waals surface area contributed by atoms with Crippen molar-refractivity contribution in [2.24, 2.45) is 7.05 Å². The van der Waals surface area contributed by atoms with Crippen LogP contribution in [0.4, 0.5) is 0 Å². The third-order valence-electron chi connectivity index (χ3n) is 5.39. The van der Waals surface area contributed by atoms with E-state index in [1.165, 1.54) is 11.8 Å². The number of thioether (sulfide) groups is 1. The highest BCUT2D eigenvalue weighted by atomic mass is 32.2. The summed E-state index contributed by atoms with van der Waals surface area (Å²) < 4.78 is 7.35. The monoisotopic (exact) mass is 458 g/mol. The summed E-state index contributed by atoms with van der Waals surface area (Å²) in [5.41, 5.74) is 2.92. The summed E-state index contributed by atoms with van der Waals surface area (Å²) in [7, 11) is 3.53. The number of ether oxygens (including phenoxy) is 1. The molecule has 0 saturated carbocycles. The van der Waals surface area contributed by atoms with Gasteiger partial charge in [-0.1, -0.05) is 84.6 Å². The molecule has 0 radical (unpaired) electrons. The first-order chi connectivity index (χ1) is 16.1. The van der Waals surface area contributed by atoms with Crippen LogP contribution in [0.15, 0.2) is 90.1 Å². The molecule has 0 aliphatic rings. The largest absolute Gasteiger partial charge is 0.496 e. The van der Waals surface area contributed by atoms with Gasteiger partial charge in [0.2, 0.25) is 5.91 Å². The molecule has 1 amide bonds. The Balaban J connectivity index is 1.52. The highest BCUT2D eigenvalue weighted by molar-refractivity contribution is 8.00. The smallest absolute Gasteiger partial charge is 0.234 e.